The molecule has 0 amide bonds. The Morgan fingerprint density at radius 1 is 1.10 bits per heavy atom. The molecule has 1 N–H and O–H groups in total. The summed E-state index contributed by atoms with van der Waals surface area (Å²) in [6, 6.07) is 6.54. The Kier molecular flexibility index (Phi) is 5.39. The topological polar surface area (TPSA) is 59.8 Å². The molecule has 0 aliphatic rings. The third-order valence-electron chi connectivity index (χ3n) is 5.05. The van der Waals surface area contributed by atoms with Gasteiger partial charge in [-0.2, -0.15) is 13.2 Å². The Bertz CT molecular complexity index is 1160. The van der Waals surface area contributed by atoms with Crippen LogP contribution in [0.2, 0.25) is 0 Å². The maximum absolute atomic E-state index is 13.1. The molecule has 0 saturated carbocycles. The Morgan fingerprint density at radius 3 is 2.37 bits per heavy atom. The second-order valence-electron chi connectivity index (χ2n) is 8.52. The molecule has 8 heteroatoms. The number of alkyl halides is 3. The predicted octanol–water partition coefficient (Wildman–Crippen LogP) is 5.13. The van der Waals surface area contributed by atoms with Gasteiger partial charge in [-0.15, -0.1) is 0 Å². The monoisotopic (exact) mass is 418 g/mol. The summed E-state index contributed by atoms with van der Waals surface area (Å²) in [5, 5.41) is 3.86. The van der Waals surface area contributed by atoms with Crippen molar-refractivity contribution in [2.24, 2.45) is 7.05 Å². The van der Waals surface area contributed by atoms with Gasteiger partial charge >= 0.3 is 6.18 Å². The lowest BCUT2D eigenvalue weighted by Gasteiger charge is -2.22. The normalized spacial score (nSPS) is 13.5. The number of pyridine rings is 1. The smallest absolute Gasteiger partial charge is 0.363 e. The molecule has 3 rings (SSSR count). The maximum atomic E-state index is 13.1. The Morgan fingerprint density at radius 2 is 1.77 bits per heavy atom. The molecular weight excluding hydrogens is 393 g/mol. The van der Waals surface area contributed by atoms with Gasteiger partial charge in [-0.1, -0.05) is 32.9 Å². The van der Waals surface area contributed by atoms with E-state index in [2.05, 4.69) is 15.3 Å². The second kappa shape index (κ2) is 7.41. The molecule has 2 heterocycles. The standard InChI is InChI=1S/C22H25F3N4O/c1-12(14-8-7-9-15(10-14)22(23,24)25)26-18-16-11-17(21(3,4)5)20(30)29(6)19(16)28-13(2)27-18/h7-12H,1-6H3,(H,26,27,28)/t12-/m1/s1. The minimum absolute atomic E-state index is 0.134. The number of anilines is 1. The van der Waals surface area contributed by atoms with E-state index in [-0.39, 0.29) is 5.56 Å². The summed E-state index contributed by atoms with van der Waals surface area (Å²) in [6.45, 7) is 9.32. The molecule has 5 nitrogen and oxygen atoms in total. The lowest BCUT2D eigenvalue weighted by atomic mass is 9.87. The molecule has 0 radical (unpaired) electrons. The summed E-state index contributed by atoms with van der Waals surface area (Å²) < 4.78 is 40.7. The van der Waals surface area contributed by atoms with Gasteiger partial charge in [0, 0.05) is 18.7 Å². The number of fused-ring (bicyclic) bond motifs is 1. The van der Waals surface area contributed by atoms with Crippen LogP contribution in [-0.2, 0) is 18.6 Å². The number of benzene rings is 1. The SMILES string of the molecule is Cc1nc(N[C@H](C)c2cccc(C(F)(F)F)c2)c2cc(C(C)(C)C)c(=O)n(C)c2n1. The Balaban J connectivity index is 2.12. The predicted molar refractivity (Wildman–Crippen MR) is 112 cm³/mol. The Labute approximate surface area is 173 Å². The lowest BCUT2D eigenvalue weighted by Crippen LogP contribution is -2.29. The molecule has 0 aliphatic carbocycles. The van der Waals surface area contributed by atoms with E-state index >= 15 is 0 Å². The van der Waals surface area contributed by atoms with Crippen LogP contribution >= 0.6 is 0 Å². The molecule has 2 aromatic heterocycles. The van der Waals surface area contributed by atoms with Crippen molar-refractivity contribution >= 4 is 16.9 Å². The van der Waals surface area contributed by atoms with E-state index in [9.17, 15) is 18.0 Å². The zero-order valence-corrected chi connectivity index (χ0v) is 17.8. The first-order valence-electron chi connectivity index (χ1n) is 9.61. The van der Waals surface area contributed by atoms with Crippen molar-refractivity contribution in [1.82, 2.24) is 14.5 Å². The first-order valence-corrected chi connectivity index (χ1v) is 9.61. The zero-order chi connectivity index (χ0) is 22.4. The molecular formula is C22H25F3N4O. The molecule has 160 valence electrons. The van der Waals surface area contributed by atoms with Gasteiger partial charge in [-0.3, -0.25) is 9.36 Å². The fourth-order valence-electron chi connectivity index (χ4n) is 3.36. The van der Waals surface area contributed by atoms with E-state index in [1.54, 1.807) is 33.0 Å². The largest absolute Gasteiger partial charge is 0.416 e. The summed E-state index contributed by atoms with van der Waals surface area (Å²) >= 11 is 0. The molecule has 0 unspecified atom stereocenters. The van der Waals surface area contributed by atoms with Gasteiger partial charge in [-0.25, -0.2) is 9.97 Å². The highest BCUT2D eigenvalue weighted by molar-refractivity contribution is 5.87. The molecule has 0 spiro atoms. The van der Waals surface area contributed by atoms with Gasteiger partial charge in [0.1, 0.15) is 17.3 Å². The van der Waals surface area contributed by atoms with Crippen molar-refractivity contribution in [2.75, 3.05) is 5.32 Å². The molecule has 3 aromatic rings. The molecule has 1 atom stereocenters. The lowest BCUT2D eigenvalue weighted by molar-refractivity contribution is -0.137. The van der Waals surface area contributed by atoms with E-state index in [0.29, 0.717) is 33.8 Å². The van der Waals surface area contributed by atoms with Crippen molar-refractivity contribution in [3.8, 4) is 0 Å². The number of nitrogens with one attached hydrogen (secondary N) is 1. The maximum Gasteiger partial charge on any atom is 0.416 e. The summed E-state index contributed by atoms with van der Waals surface area (Å²) in [6.07, 6.45) is -4.41. The number of rotatable bonds is 3. The van der Waals surface area contributed by atoms with E-state index < -0.39 is 23.2 Å². The number of hydrogen-bond acceptors (Lipinski definition) is 4. The summed E-state index contributed by atoms with van der Waals surface area (Å²) in [5.74, 6) is 0.934. The summed E-state index contributed by atoms with van der Waals surface area (Å²) in [5.41, 5.74) is 0.339. The van der Waals surface area contributed by atoms with Crippen molar-refractivity contribution in [3.05, 3.63) is 63.2 Å². The van der Waals surface area contributed by atoms with Crippen LogP contribution in [0.4, 0.5) is 19.0 Å². The minimum atomic E-state index is -4.41. The van der Waals surface area contributed by atoms with Gasteiger partial charge in [0.25, 0.3) is 5.56 Å². The first-order chi connectivity index (χ1) is 13.8. The third kappa shape index (κ3) is 4.17. The second-order valence-corrected chi connectivity index (χ2v) is 8.52. The molecule has 0 aliphatic heterocycles. The van der Waals surface area contributed by atoms with Crippen LogP contribution in [0.3, 0.4) is 0 Å². The van der Waals surface area contributed by atoms with Gasteiger partial charge in [0.15, 0.2) is 0 Å². The van der Waals surface area contributed by atoms with Crippen molar-refractivity contribution in [1.29, 1.82) is 0 Å². The fraction of sp³-hybridized carbons (Fsp3) is 0.409. The van der Waals surface area contributed by atoms with E-state index in [1.807, 2.05) is 20.8 Å². The van der Waals surface area contributed by atoms with Crippen LogP contribution in [0.1, 0.15) is 56.3 Å². The van der Waals surface area contributed by atoms with Crippen LogP contribution in [0.15, 0.2) is 35.1 Å². The van der Waals surface area contributed by atoms with Gasteiger partial charge in [-0.05, 0) is 43.0 Å². The first kappa shape index (κ1) is 21.8. The number of nitrogens with zero attached hydrogens (tertiary/aromatic N) is 3. The number of hydrogen-bond donors (Lipinski definition) is 1. The van der Waals surface area contributed by atoms with Crippen LogP contribution in [0.5, 0.6) is 0 Å². The third-order valence-corrected chi connectivity index (χ3v) is 5.05. The van der Waals surface area contributed by atoms with Crippen molar-refractivity contribution < 1.29 is 13.2 Å². The van der Waals surface area contributed by atoms with Crippen molar-refractivity contribution in [2.45, 2.75) is 52.3 Å². The molecule has 0 bridgehead atoms. The number of aryl methyl sites for hydroxylation is 2. The summed E-state index contributed by atoms with van der Waals surface area (Å²) in [4.78, 5) is 21.7. The molecule has 30 heavy (non-hydrogen) atoms. The minimum Gasteiger partial charge on any atom is -0.363 e. The number of halogens is 3. The average molecular weight is 418 g/mol. The van der Waals surface area contributed by atoms with Crippen LogP contribution in [-0.4, -0.2) is 14.5 Å². The summed E-state index contributed by atoms with van der Waals surface area (Å²) in [7, 11) is 1.66. The highest BCUT2D eigenvalue weighted by Gasteiger charge is 2.31. The van der Waals surface area contributed by atoms with E-state index in [0.717, 1.165) is 12.1 Å². The van der Waals surface area contributed by atoms with E-state index in [4.69, 9.17) is 0 Å². The highest BCUT2D eigenvalue weighted by Crippen LogP contribution is 2.32. The molecule has 0 saturated heterocycles. The zero-order valence-electron chi connectivity index (χ0n) is 17.8. The molecule has 1 aromatic carbocycles. The van der Waals surface area contributed by atoms with Crippen LogP contribution in [0.25, 0.3) is 11.0 Å². The van der Waals surface area contributed by atoms with Gasteiger partial charge in [0.2, 0.25) is 0 Å². The Hall–Kier alpha value is -2.90. The average Bonchev–Trinajstić information content (AvgIpc) is 2.63. The van der Waals surface area contributed by atoms with Gasteiger partial charge in [0.05, 0.1) is 10.9 Å². The quantitative estimate of drug-likeness (QED) is 0.641. The van der Waals surface area contributed by atoms with Crippen LogP contribution < -0.4 is 10.9 Å². The highest BCUT2D eigenvalue weighted by atomic mass is 19.4. The fourth-order valence-corrected chi connectivity index (χ4v) is 3.36. The van der Waals surface area contributed by atoms with E-state index in [1.165, 1.54) is 10.6 Å². The van der Waals surface area contributed by atoms with Gasteiger partial charge < -0.3 is 5.32 Å². The van der Waals surface area contributed by atoms with Crippen LogP contribution in [0, 0.1) is 6.92 Å². The molecule has 0 fully saturated rings. The van der Waals surface area contributed by atoms with Crippen molar-refractivity contribution in [3.63, 3.8) is 0 Å². The number of aromatic nitrogens is 3.